The number of phenols is 1. The number of hydrogen-bond donors (Lipinski definition) is 2. The second-order valence-electron chi connectivity index (χ2n) is 4.64. The first-order chi connectivity index (χ1) is 9.61. The van der Waals surface area contributed by atoms with E-state index < -0.39 is 0 Å². The minimum atomic E-state index is 0.171. The summed E-state index contributed by atoms with van der Waals surface area (Å²) in [7, 11) is 0. The minimum Gasteiger partial charge on any atom is -0.508 e. The molecule has 106 valence electrons. The highest BCUT2D eigenvalue weighted by Crippen LogP contribution is 2.27. The summed E-state index contributed by atoms with van der Waals surface area (Å²) in [4.78, 5) is 0. The number of phenolic OH excluding ortho intramolecular Hbond substituents is 1. The van der Waals surface area contributed by atoms with Crippen LogP contribution in [0.3, 0.4) is 0 Å². The van der Waals surface area contributed by atoms with Gasteiger partial charge in [-0.15, -0.1) is 0 Å². The van der Waals surface area contributed by atoms with E-state index in [1.807, 2.05) is 36.4 Å². The largest absolute Gasteiger partial charge is 0.508 e. The van der Waals surface area contributed by atoms with Crippen molar-refractivity contribution in [1.82, 2.24) is 5.32 Å². The Balaban J connectivity index is 2.09. The molecule has 0 aromatic heterocycles. The van der Waals surface area contributed by atoms with Gasteiger partial charge in [0.25, 0.3) is 0 Å². The van der Waals surface area contributed by atoms with Gasteiger partial charge in [0.2, 0.25) is 0 Å². The van der Waals surface area contributed by atoms with Crippen LogP contribution in [0, 0.1) is 0 Å². The first kappa shape index (κ1) is 15.2. The lowest BCUT2D eigenvalue weighted by Gasteiger charge is -2.18. The Labute approximate surface area is 129 Å². The van der Waals surface area contributed by atoms with Crippen molar-refractivity contribution in [3.63, 3.8) is 0 Å². The van der Waals surface area contributed by atoms with Crippen LogP contribution in [0.4, 0.5) is 0 Å². The Kier molecular flexibility index (Phi) is 5.30. The lowest BCUT2D eigenvalue weighted by Crippen LogP contribution is -2.20. The molecule has 1 atom stereocenters. The van der Waals surface area contributed by atoms with Crippen LogP contribution in [0.5, 0.6) is 5.75 Å². The fourth-order valence-corrected chi connectivity index (χ4v) is 2.43. The standard InChI is InChI=1S/C16H17Cl2NO/c1-2-15(11-7-8-13(17)14(18)9-11)19-10-12-5-3-4-6-16(12)20/h3-9,15,19-20H,2,10H2,1H3. The molecule has 0 spiro atoms. The molecule has 0 bridgehead atoms. The highest BCUT2D eigenvalue weighted by Gasteiger charge is 2.11. The second-order valence-corrected chi connectivity index (χ2v) is 5.46. The predicted molar refractivity (Wildman–Crippen MR) is 84.4 cm³/mol. The molecule has 2 N–H and O–H groups in total. The van der Waals surface area contributed by atoms with E-state index in [2.05, 4.69) is 12.2 Å². The van der Waals surface area contributed by atoms with Gasteiger partial charge in [-0.2, -0.15) is 0 Å². The van der Waals surface area contributed by atoms with Crippen LogP contribution in [0.25, 0.3) is 0 Å². The highest BCUT2D eigenvalue weighted by molar-refractivity contribution is 6.42. The number of hydrogen-bond acceptors (Lipinski definition) is 2. The number of para-hydroxylation sites is 1. The molecule has 0 fully saturated rings. The molecule has 0 saturated carbocycles. The average Bonchev–Trinajstić information content (AvgIpc) is 2.45. The van der Waals surface area contributed by atoms with Gasteiger partial charge in [-0.1, -0.05) is 54.4 Å². The zero-order valence-electron chi connectivity index (χ0n) is 11.2. The number of rotatable bonds is 5. The van der Waals surface area contributed by atoms with E-state index in [1.165, 1.54) is 0 Å². The molecule has 0 amide bonds. The van der Waals surface area contributed by atoms with Crippen molar-refractivity contribution in [3.8, 4) is 5.75 Å². The molecule has 0 aliphatic carbocycles. The molecular weight excluding hydrogens is 293 g/mol. The molecule has 2 nitrogen and oxygen atoms in total. The predicted octanol–water partition coefficient (Wildman–Crippen LogP) is 4.94. The van der Waals surface area contributed by atoms with Gasteiger partial charge in [0.15, 0.2) is 0 Å². The summed E-state index contributed by atoms with van der Waals surface area (Å²) in [6.45, 7) is 2.70. The van der Waals surface area contributed by atoms with Gasteiger partial charge in [0, 0.05) is 18.2 Å². The zero-order chi connectivity index (χ0) is 14.5. The van der Waals surface area contributed by atoms with Crippen LogP contribution in [0.2, 0.25) is 10.0 Å². The monoisotopic (exact) mass is 309 g/mol. The van der Waals surface area contributed by atoms with Crippen molar-refractivity contribution < 1.29 is 5.11 Å². The van der Waals surface area contributed by atoms with Gasteiger partial charge >= 0.3 is 0 Å². The van der Waals surface area contributed by atoms with Gasteiger partial charge < -0.3 is 10.4 Å². The van der Waals surface area contributed by atoms with Crippen LogP contribution in [0.15, 0.2) is 42.5 Å². The Bertz CT molecular complexity index is 586. The second kappa shape index (κ2) is 6.98. The number of nitrogens with one attached hydrogen (secondary N) is 1. The summed E-state index contributed by atoms with van der Waals surface area (Å²) in [6, 6.07) is 13.2. The van der Waals surface area contributed by atoms with Gasteiger partial charge in [0.1, 0.15) is 5.75 Å². The molecule has 2 rings (SSSR count). The van der Waals surface area contributed by atoms with E-state index in [4.69, 9.17) is 23.2 Å². The summed E-state index contributed by atoms with van der Waals surface area (Å²) in [5.41, 5.74) is 1.98. The first-order valence-electron chi connectivity index (χ1n) is 6.57. The summed E-state index contributed by atoms with van der Waals surface area (Å²) in [6.07, 6.45) is 0.922. The maximum Gasteiger partial charge on any atom is 0.120 e. The van der Waals surface area contributed by atoms with Crippen LogP contribution < -0.4 is 5.32 Å². The molecule has 2 aromatic rings. The fraction of sp³-hybridized carbons (Fsp3) is 0.250. The normalized spacial score (nSPS) is 12.3. The lowest BCUT2D eigenvalue weighted by atomic mass is 10.0. The Morgan fingerprint density at radius 2 is 1.85 bits per heavy atom. The first-order valence-corrected chi connectivity index (χ1v) is 7.32. The Morgan fingerprint density at radius 3 is 2.50 bits per heavy atom. The van der Waals surface area contributed by atoms with E-state index in [0.717, 1.165) is 17.5 Å². The summed E-state index contributed by atoms with van der Waals surface area (Å²) in [5.74, 6) is 0.309. The van der Waals surface area contributed by atoms with Crippen molar-refractivity contribution in [2.75, 3.05) is 0 Å². The van der Waals surface area contributed by atoms with Gasteiger partial charge in [0.05, 0.1) is 10.0 Å². The van der Waals surface area contributed by atoms with Gasteiger partial charge in [-0.05, 0) is 30.2 Å². The number of benzene rings is 2. The zero-order valence-corrected chi connectivity index (χ0v) is 12.7. The van der Waals surface area contributed by atoms with E-state index in [9.17, 15) is 5.11 Å². The van der Waals surface area contributed by atoms with Crippen LogP contribution in [-0.2, 0) is 6.54 Å². The Hall–Kier alpha value is -1.22. The van der Waals surface area contributed by atoms with Gasteiger partial charge in [-0.25, -0.2) is 0 Å². The van der Waals surface area contributed by atoms with Crippen molar-refractivity contribution in [2.24, 2.45) is 0 Å². The summed E-state index contributed by atoms with van der Waals surface area (Å²) < 4.78 is 0. The summed E-state index contributed by atoms with van der Waals surface area (Å²) >= 11 is 12.0. The smallest absolute Gasteiger partial charge is 0.120 e. The highest BCUT2D eigenvalue weighted by atomic mass is 35.5. The molecule has 0 radical (unpaired) electrons. The topological polar surface area (TPSA) is 32.3 Å². The van der Waals surface area contributed by atoms with E-state index in [-0.39, 0.29) is 6.04 Å². The summed E-state index contributed by atoms with van der Waals surface area (Å²) in [5, 5.41) is 14.3. The average molecular weight is 310 g/mol. The minimum absolute atomic E-state index is 0.171. The van der Waals surface area contributed by atoms with Gasteiger partial charge in [-0.3, -0.25) is 0 Å². The third-order valence-corrected chi connectivity index (χ3v) is 4.02. The van der Waals surface area contributed by atoms with E-state index in [0.29, 0.717) is 22.3 Å². The van der Waals surface area contributed by atoms with E-state index in [1.54, 1.807) is 6.07 Å². The van der Waals surface area contributed by atoms with Crippen molar-refractivity contribution >= 4 is 23.2 Å². The number of aromatic hydroxyl groups is 1. The molecule has 0 heterocycles. The SMILES string of the molecule is CCC(NCc1ccccc1O)c1ccc(Cl)c(Cl)c1. The van der Waals surface area contributed by atoms with Crippen molar-refractivity contribution in [3.05, 3.63) is 63.6 Å². The molecule has 0 saturated heterocycles. The van der Waals surface area contributed by atoms with Crippen LogP contribution in [-0.4, -0.2) is 5.11 Å². The molecule has 20 heavy (non-hydrogen) atoms. The maximum absolute atomic E-state index is 9.77. The maximum atomic E-state index is 9.77. The fourth-order valence-electron chi connectivity index (χ4n) is 2.12. The molecule has 2 aromatic carbocycles. The number of halogens is 2. The molecule has 1 unspecified atom stereocenters. The molecule has 0 aliphatic rings. The molecule has 4 heteroatoms. The van der Waals surface area contributed by atoms with Crippen molar-refractivity contribution in [1.29, 1.82) is 0 Å². The third kappa shape index (κ3) is 3.66. The molecule has 0 aliphatic heterocycles. The quantitative estimate of drug-likeness (QED) is 0.820. The van der Waals surface area contributed by atoms with Crippen molar-refractivity contribution in [2.45, 2.75) is 25.9 Å². The van der Waals surface area contributed by atoms with Crippen LogP contribution in [0.1, 0.15) is 30.5 Å². The lowest BCUT2D eigenvalue weighted by molar-refractivity contribution is 0.455. The third-order valence-electron chi connectivity index (χ3n) is 3.28. The van der Waals surface area contributed by atoms with E-state index >= 15 is 0 Å². The van der Waals surface area contributed by atoms with Crippen LogP contribution >= 0.6 is 23.2 Å². The molecular formula is C16H17Cl2NO. The Morgan fingerprint density at radius 1 is 1.10 bits per heavy atom.